The fourth-order valence-corrected chi connectivity index (χ4v) is 3.85. The van der Waals surface area contributed by atoms with Gasteiger partial charge in [0, 0.05) is 11.7 Å². The fraction of sp³-hybridized carbons (Fsp3) is 0.471. The van der Waals surface area contributed by atoms with E-state index in [0.29, 0.717) is 17.9 Å². The molecule has 0 aliphatic heterocycles. The summed E-state index contributed by atoms with van der Waals surface area (Å²) in [4.78, 5) is 12.9. The Labute approximate surface area is 166 Å². The van der Waals surface area contributed by atoms with Crippen LogP contribution in [0.3, 0.4) is 0 Å². The first-order chi connectivity index (χ1) is 12.1. The van der Waals surface area contributed by atoms with E-state index >= 15 is 0 Å². The van der Waals surface area contributed by atoms with Gasteiger partial charge in [0.2, 0.25) is 17.2 Å². The molecule has 1 heterocycles. The first-order valence-electron chi connectivity index (χ1n) is 8.43. The molecule has 1 aliphatic carbocycles. The van der Waals surface area contributed by atoms with E-state index in [0.717, 1.165) is 27.8 Å². The number of aromatic nitrogens is 3. The predicted octanol–water partition coefficient (Wildman–Crippen LogP) is 5.02. The summed E-state index contributed by atoms with van der Waals surface area (Å²) in [6, 6.07) is 6.18. The first kappa shape index (κ1) is 18.4. The summed E-state index contributed by atoms with van der Waals surface area (Å²) >= 11 is 8.31. The van der Waals surface area contributed by atoms with Crippen LogP contribution in [0.4, 0.5) is 17.6 Å². The third kappa shape index (κ3) is 5.31. The van der Waals surface area contributed by atoms with Gasteiger partial charge in [0.1, 0.15) is 5.75 Å². The van der Waals surface area contributed by atoms with Crippen LogP contribution in [-0.2, 0) is 0 Å². The highest BCUT2D eigenvalue weighted by Gasteiger charge is 2.14. The topological polar surface area (TPSA) is 72.0 Å². The maximum absolute atomic E-state index is 6.08. The highest BCUT2D eigenvalue weighted by Crippen LogP contribution is 2.26. The zero-order valence-electron chi connectivity index (χ0n) is 14.1. The van der Waals surface area contributed by atoms with E-state index in [4.69, 9.17) is 16.3 Å². The van der Waals surface area contributed by atoms with Crippen LogP contribution < -0.4 is 15.4 Å². The lowest BCUT2D eigenvalue weighted by molar-refractivity contribution is 0.412. The van der Waals surface area contributed by atoms with Crippen LogP contribution in [-0.4, -0.2) is 28.1 Å². The molecular formula is C17H21ClIN5O. The molecule has 1 aromatic carbocycles. The van der Waals surface area contributed by atoms with E-state index in [9.17, 15) is 0 Å². The van der Waals surface area contributed by atoms with Crippen LogP contribution in [0.5, 0.6) is 5.75 Å². The molecule has 6 nitrogen and oxygen atoms in total. The maximum atomic E-state index is 6.08. The summed E-state index contributed by atoms with van der Waals surface area (Å²) in [5.74, 6) is 1.78. The molecule has 25 heavy (non-hydrogen) atoms. The third-order valence-electron chi connectivity index (χ3n) is 4.20. The summed E-state index contributed by atoms with van der Waals surface area (Å²) in [5, 5.41) is 6.77. The molecule has 1 aliphatic rings. The molecule has 0 amide bonds. The summed E-state index contributed by atoms with van der Waals surface area (Å²) in [6.45, 7) is 0. The van der Waals surface area contributed by atoms with Crippen molar-refractivity contribution in [3.63, 3.8) is 0 Å². The molecule has 134 valence electrons. The van der Waals surface area contributed by atoms with Gasteiger partial charge >= 0.3 is 0 Å². The van der Waals surface area contributed by atoms with E-state index < -0.39 is 0 Å². The summed E-state index contributed by atoms with van der Waals surface area (Å²) in [6.07, 6.45) is 7.38. The average molecular weight is 474 g/mol. The normalized spacial score (nSPS) is 15.5. The minimum absolute atomic E-state index is 0.178. The number of nitrogens with one attached hydrogen (secondary N) is 2. The van der Waals surface area contributed by atoms with Crippen molar-refractivity contribution in [3.05, 3.63) is 27.1 Å². The zero-order chi connectivity index (χ0) is 17.6. The average Bonchev–Trinajstić information content (AvgIpc) is 2.83. The molecule has 0 unspecified atom stereocenters. The number of hydrogen-bond donors (Lipinski definition) is 2. The maximum Gasteiger partial charge on any atom is 0.233 e. The van der Waals surface area contributed by atoms with E-state index in [1.807, 2.05) is 18.2 Å². The molecule has 3 rings (SSSR count). The molecule has 8 heteroatoms. The van der Waals surface area contributed by atoms with Gasteiger partial charge in [-0.1, -0.05) is 25.7 Å². The summed E-state index contributed by atoms with van der Waals surface area (Å²) < 4.78 is 6.28. The molecule has 0 spiro atoms. The second-order valence-electron chi connectivity index (χ2n) is 6.06. The molecule has 0 radical (unpaired) electrons. The van der Waals surface area contributed by atoms with Crippen molar-refractivity contribution in [2.75, 3.05) is 17.7 Å². The third-order valence-corrected chi connectivity index (χ3v) is 5.22. The minimum atomic E-state index is 0.178. The van der Waals surface area contributed by atoms with Gasteiger partial charge < -0.3 is 15.4 Å². The van der Waals surface area contributed by atoms with Crippen molar-refractivity contribution >= 4 is 51.8 Å². The Morgan fingerprint density at radius 3 is 2.48 bits per heavy atom. The highest BCUT2D eigenvalue weighted by molar-refractivity contribution is 14.1. The van der Waals surface area contributed by atoms with Crippen molar-refractivity contribution in [1.82, 2.24) is 15.0 Å². The molecule has 0 atom stereocenters. The number of halogens is 2. The number of rotatable bonds is 5. The van der Waals surface area contributed by atoms with Crippen LogP contribution in [0, 0.1) is 3.57 Å². The molecule has 2 N–H and O–H groups in total. The van der Waals surface area contributed by atoms with Crippen LogP contribution in [0.2, 0.25) is 5.28 Å². The number of benzene rings is 1. The van der Waals surface area contributed by atoms with Crippen LogP contribution in [0.15, 0.2) is 18.2 Å². The van der Waals surface area contributed by atoms with Gasteiger partial charge in [-0.3, -0.25) is 0 Å². The Balaban J connectivity index is 1.73. The summed E-state index contributed by atoms with van der Waals surface area (Å²) in [7, 11) is 1.65. The number of ether oxygens (including phenoxy) is 1. The van der Waals surface area contributed by atoms with Crippen LogP contribution >= 0.6 is 34.2 Å². The Bertz CT molecular complexity index is 722. The van der Waals surface area contributed by atoms with Gasteiger partial charge in [0.15, 0.2) is 0 Å². The van der Waals surface area contributed by atoms with Gasteiger partial charge in [-0.05, 0) is 65.2 Å². The lowest BCUT2D eigenvalue weighted by Gasteiger charge is -2.16. The molecule has 1 fully saturated rings. The molecule has 1 aromatic heterocycles. The zero-order valence-corrected chi connectivity index (χ0v) is 17.0. The quantitative estimate of drug-likeness (QED) is 0.469. The van der Waals surface area contributed by atoms with Gasteiger partial charge in [-0.2, -0.15) is 15.0 Å². The molecule has 1 saturated carbocycles. The lowest BCUT2D eigenvalue weighted by Crippen LogP contribution is -2.20. The van der Waals surface area contributed by atoms with E-state index in [1.165, 1.54) is 25.7 Å². The van der Waals surface area contributed by atoms with E-state index in [1.54, 1.807) is 7.11 Å². The first-order valence-corrected chi connectivity index (χ1v) is 9.88. The molecule has 2 aromatic rings. The standard InChI is InChI=1S/C17H21ClIN5O/c1-25-14-9-8-12(10-13(14)19)21-17-23-15(18)22-16(24-17)20-11-6-4-2-3-5-7-11/h8-11H,2-7H2,1H3,(H2,20,21,22,23,24). The lowest BCUT2D eigenvalue weighted by atomic mass is 10.1. The second kappa shape index (κ2) is 8.84. The van der Waals surface area contributed by atoms with E-state index in [2.05, 4.69) is 48.2 Å². The Kier molecular flexibility index (Phi) is 6.52. The molecule has 0 saturated heterocycles. The predicted molar refractivity (Wildman–Crippen MR) is 109 cm³/mol. The number of nitrogens with zero attached hydrogens (tertiary/aromatic N) is 3. The van der Waals surface area contributed by atoms with Gasteiger partial charge in [-0.15, -0.1) is 0 Å². The van der Waals surface area contributed by atoms with Crippen molar-refractivity contribution in [2.45, 2.75) is 44.6 Å². The van der Waals surface area contributed by atoms with Gasteiger partial charge in [-0.25, -0.2) is 0 Å². The van der Waals surface area contributed by atoms with Crippen LogP contribution in [0.25, 0.3) is 0 Å². The largest absolute Gasteiger partial charge is 0.496 e. The Morgan fingerprint density at radius 2 is 1.80 bits per heavy atom. The Morgan fingerprint density at radius 1 is 1.08 bits per heavy atom. The number of methoxy groups -OCH3 is 1. The fourth-order valence-electron chi connectivity index (χ4n) is 2.95. The monoisotopic (exact) mass is 473 g/mol. The van der Waals surface area contributed by atoms with Crippen molar-refractivity contribution < 1.29 is 4.74 Å². The minimum Gasteiger partial charge on any atom is -0.496 e. The second-order valence-corrected chi connectivity index (χ2v) is 7.56. The van der Waals surface area contributed by atoms with Gasteiger partial charge in [0.25, 0.3) is 0 Å². The van der Waals surface area contributed by atoms with Gasteiger partial charge in [0.05, 0.1) is 10.7 Å². The van der Waals surface area contributed by atoms with Crippen molar-refractivity contribution in [3.8, 4) is 5.75 Å². The van der Waals surface area contributed by atoms with Crippen molar-refractivity contribution in [2.24, 2.45) is 0 Å². The van der Waals surface area contributed by atoms with Crippen LogP contribution in [0.1, 0.15) is 38.5 Å². The summed E-state index contributed by atoms with van der Waals surface area (Å²) in [5.41, 5.74) is 0.868. The van der Waals surface area contributed by atoms with E-state index in [-0.39, 0.29) is 5.28 Å². The Hall–Kier alpha value is -1.35. The number of hydrogen-bond acceptors (Lipinski definition) is 6. The molecule has 0 bridgehead atoms. The molecular weight excluding hydrogens is 453 g/mol. The SMILES string of the molecule is COc1ccc(Nc2nc(Cl)nc(NC3CCCCCC3)n2)cc1I. The van der Waals surface area contributed by atoms with Crippen molar-refractivity contribution in [1.29, 1.82) is 0 Å². The number of anilines is 3. The highest BCUT2D eigenvalue weighted by atomic mass is 127. The smallest absolute Gasteiger partial charge is 0.233 e.